The van der Waals surface area contributed by atoms with E-state index in [0.717, 1.165) is 24.3 Å². The monoisotopic (exact) mass is 205 g/mol. The summed E-state index contributed by atoms with van der Waals surface area (Å²) < 4.78 is 5.37. The second-order valence-electron chi connectivity index (χ2n) is 3.28. The number of benzene rings is 1. The van der Waals surface area contributed by atoms with Gasteiger partial charge in [-0.15, -0.1) is 0 Å². The Hall–Kier alpha value is -1.84. The molecule has 0 radical (unpaired) electrons. The first-order valence-electron chi connectivity index (χ1n) is 4.72. The summed E-state index contributed by atoms with van der Waals surface area (Å²) in [6.07, 6.45) is 2.44. The van der Waals surface area contributed by atoms with Gasteiger partial charge < -0.3 is 9.57 Å². The third-order valence-corrected chi connectivity index (χ3v) is 2.10. The molecule has 1 aromatic rings. The SMILES string of the molecule is CC(=O)O/N=C\c1ccc2c(c1)CCO2. The van der Waals surface area contributed by atoms with Gasteiger partial charge in [-0.3, -0.25) is 0 Å². The van der Waals surface area contributed by atoms with Crippen molar-refractivity contribution in [2.45, 2.75) is 13.3 Å². The standard InChI is InChI=1S/C11H11NO3/c1-8(13)15-12-7-9-2-3-11-10(6-9)4-5-14-11/h2-3,6-7H,4-5H2,1H3/b12-7-. The predicted octanol–water partition coefficient (Wildman–Crippen LogP) is 1.52. The number of ether oxygens (including phenoxy) is 1. The molecule has 78 valence electrons. The van der Waals surface area contributed by atoms with E-state index < -0.39 is 5.97 Å². The topological polar surface area (TPSA) is 47.9 Å². The Morgan fingerprint density at radius 2 is 2.47 bits per heavy atom. The zero-order valence-electron chi connectivity index (χ0n) is 8.40. The van der Waals surface area contributed by atoms with Gasteiger partial charge in [-0.05, 0) is 29.3 Å². The summed E-state index contributed by atoms with van der Waals surface area (Å²) in [6.45, 7) is 2.05. The molecule has 1 aliphatic heterocycles. The molecule has 15 heavy (non-hydrogen) atoms. The molecule has 1 heterocycles. The molecule has 0 bridgehead atoms. The first kappa shape index (κ1) is 9.71. The summed E-state index contributed by atoms with van der Waals surface area (Å²) in [5, 5.41) is 3.55. The maximum atomic E-state index is 10.5. The van der Waals surface area contributed by atoms with Gasteiger partial charge in [-0.2, -0.15) is 0 Å². The average Bonchev–Trinajstić information content (AvgIpc) is 2.64. The summed E-state index contributed by atoms with van der Waals surface area (Å²) in [5.41, 5.74) is 2.07. The summed E-state index contributed by atoms with van der Waals surface area (Å²) >= 11 is 0. The second-order valence-corrected chi connectivity index (χ2v) is 3.28. The molecule has 0 aromatic heterocycles. The molecule has 0 amide bonds. The van der Waals surface area contributed by atoms with E-state index in [4.69, 9.17) is 4.74 Å². The molecule has 0 atom stereocenters. The first-order valence-corrected chi connectivity index (χ1v) is 4.72. The number of hydrogen-bond donors (Lipinski definition) is 0. The van der Waals surface area contributed by atoms with Crippen molar-refractivity contribution in [3.63, 3.8) is 0 Å². The zero-order chi connectivity index (χ0) is 10.7. The van der Waals surface area contributed by atoms with E-state index in [1.165, 1.54) is 18.7 Å². The van der Waals surface area contributed by atoms with Crippen LogP contribution in [-0.2, 0) is 16.1 Å². The maximum Gasteiger partial charge on any atom is 0.331 e. The Kier molecular flexibility index (Phi) is 2.67. The molecule has 0 spiro atoms. The second kappa shape index (κ2) is 4.13. The third-order valence-electron chi connectivity index (χ3n) is 2.10. The minimum atomic E-state index is -0.421. The van der Waals surface area contributed by atoms with E-state index in [-0.39, 0.29) is 0 Å². The third kappa shape index (κ3) is 2.34. The molecule has 1 aliphatic rings. The molecular formula is C11H11NO3. The number of carbonyl (C=O) groups excluding carboxylic acids is 1. The van der Waals surface area contributed by atoms with Crippen LogP contribution in [0.25, 0.3) is 0 Å². The minimum Gasteiger partial charge on any atom is -0.493 e. The highest BCUT2D eigenvalue weighted by Gasteiger charge is 2.11. The molecule has 0 N–H and O–H groups in total. The van der Waals surface area contributed by atoms with Gasteiger partial charge in [0.2, 0.25) is 0 Å². The van der Waals surface area contributed by atoms with Gasteiger partial charge in [0.1, 0.15) is 5.75 Å². The average molecular weight is 205 g/mol. The molecule has 0 saturated carbocycles. The van der Waals surface area contributed by atoms with E-state index in [2.05, 4.69) is 9.99 Å². The Bertz CT molecular complexity index is 412. The lowest BCUT2D eigenvalue weighted by molar-refractivity contribution is -0.140. The minimum absolute atomic E-state index is 0.421. The highest BCUT2D eigenvalue weighted by Crippen LogP contribution is 2.25. The molecule has 4 heteroatoms. The summed E-state index contributed by atoms with van der Waals surface area (Å²) in [6, 6.07) is 5.75. The zero-order valence-corrected chi connectivity index (χ0v) is 8.40. The van der Waals surface area contributed by atoms with Crippen molar-refractivity contribution in [1.29, 1.82) is 0 Å². The largest absolute Gasteiger partial charge is 0.493 e. The van der Waals surface area contributed by atoms with Crippen LogP contribution in [0.5, 0.6) is 5.75 Å². The number of carbonyl (C=O) groups is 1. The molecule has 0 saturated heterocycles. The van der Waals surface area contributed by atoms with Crippen LogP contribution in [0, 0.1) is 0 Å². The summed E-state index contributed by atoms with van der Waals surface area (Å²) in [7, 11) is 0. The molecule has 1 aromatic carbocycles. The fraction of sp³-hybridized carbons (Fsp3) is 0.273. The van der Waals surface area contributed by atoms with Crippen molar-refractivity contribution in [3.8, 4) is 5.75 Å². The number of fused-ring (bicyclic) bond motifs is 1. The van der Waals surface area contributed by atoms with Crippen LogP contribution in [0.2, 0.25) is 0 Å². The van der Waals surface area contributed by atoms with Crippen molar-refractivity contribution < 1.29 is 14.4 Å². The molecule has 2 rings (SSSR count). The highest BCUT2D eigenvalue weighted by molar-refractivity contribution is 5.80. The predicted molar refractivity (Wildman–Crippen MR) is 55.0 cm³/mol. The molecular weight excluding hydrogens is 194 g/mol. The smallest absolute Gasteiger partial charge is 0.331 e. The van der Waals surface area contributed by atoms with Gasteiger partial charge in [-0.1, -0.05) is 5.16 Å². The van der Waals surface area contributed by atoms with Gasteiger partial charge in [0, 0.05) is 13.3 Å². The lowest BCUT2D eigenvalue weighted by Crippen LogP contribution is -1.92. The Balaban J connectivity index is 2.10. The van der Waals surface area contributed by atoms with Gasteiger partial charge in [0.15, 0.2) is 0 Å². The van der Waals surface area contributed by atoms with E-state index in [1.54, 1.807) is 0 Å². The Labute approximate surface area is 87.5 Å². The van der Waals surface area contributed by atoms with Crippen molar-refractivity contribution in [2.24, 2.45) is 5.16 Å². The quantitative estimate of drug-likeness (QED) is 0.418. The van der Waals surface area contributed by atoms with E-state index in [1.807, 2.05) is 18.2 Å². The van der Waals surface area contributed by atoms with Crippen LogP contribution in [0.4, 0.5) is 0 Å². The van der Waals surface area contributed by atoms with E-state index >= 15 is 0 Å². The van der Waals surface area contributed by atoms with E-state index in [0.29, 0.717) is 0 Å². The van der Waals surface area contributed by atoms with Gasteiger partial charge in [0.25, 0.3) is 0 Å². The summed E-state index contributed by atoms with van der Waals surface area (Å²) in [5.74, 6) is 0.510. The van der Waals surface area contributed by atoms with Crippen LogP contribution in [-0.4, -0.2) is 18.8 Å². The number of nitrogens with zero attached hydrogens (tertiary/aromatic N) is 1. The van der Waals surface area contributed by atoms with Crippen LogP contribution >= 0.6 is 0 Å². The lowest BCUT2D eigenvalue weighted by atomic mass is 10.1. The van der Waals surface area contributed by atoms with Crippen LogP contribution in [0.3, 0.4) is 0 Å². The molecule has 0 unspecified atom stereocenters. The van der Waals surface area contributed by atoms with Gasteiger partial charge >= 0.3 is 5.97 Å². The van der Waals surface area contributed by atoms with Crippen molar-refractivity contribution in [1.82, 2.24) is 0 Å². The maximum absolute atomic E-state index is 10.5. The lowest BCUT2D eigenvalue weighted by Gasteiger charge is -1.98. The van der Waals surface area contributed by atoms with Gasteiger partial charge in [-0.25, -0.2) is 4.79 Å². The van der Waals surface area contributed by atoms with Crippen molar-refractivity contribution >= 4 is 12.2 Å². The van der Waals surface area contributed by atoms with E-state index in [9.17, 15) is 4.79 Å². The summed E-state index contributed by atoms with van der Waals surface area (Å²) in [4.78, 5) is 14.9. The van der Waals surface area contributed by atoms with Crippen molar-refractivity contribution in [2.75, 3.05) is 6.61 Å². The van der Waals surface area contributed by atoms with Crippen LogP contribution in [0.1, 0.15) is 18.1 Å². The van der Waals surface area contributed by atoms with Crippen LogP contribution in [0.15, 0.2) is 23.4 Å². The van der Waals surface area contributed by atoms with Gasteiger partial charge in [0.05, 0.1) is 12.8 Å². The fourth-order valence-corrected chi connectivity index (χ4v) is 1.45. The normalized spacial score (nSPS) is 13.7. The Morgan fingerprint density at radius 1 is 1.60 bits per heavy atom. The van der Waals surface area contributed by atoms with Crippen molar-refractivity contribution in [3.05, 3.63) is 29.3 Å². The first-order chi connectivity index (χ1) is 7.25. The number of hydrogen-bond acceptors (Lipinski definition) is 4. The molecule has 0 aliphatic carbocycles. The molecule has 0 fully saturated rings. The fourth-order valence-electron chi connectivity index (χ4n) is 1.45. The molecule has 4 nitrogen and oxygen atoms in total. The highest BCUT2D eigenvalue weighted by atomic mass is 16.7. The number of rotatable bonds is 2. The van der Waals surface area contributed by atoms with Crippen LogP contribution < -0.4 is 4.74 Å². The Morgan fingerprint density at radius 3 is 3.27 bits per heavy atom. The number of oxime groups is 1.